The summed E-state index contributed by atoms with van der Waals surface area (Å²) in [6, 6.07) is 8.70. The molecule has 0 amide bonds. The molecular weight excluding hydrogens is 459 g/mol. The fourth-order valence-electron chi connectivity index (χ4n) is 4.09. The van der Waals surface area contributed by atoms with Gasteiger partial charge in [-0.25, -0.2) is 0 Å². The molecule has 3 aromatic heterocycles. The topological polar surface area (TPSA) is 76.0 Å². The molecule has 4 heterocycles. The summed E-state index contributed by atoms with van der Waals surface area (Å²) in [4.78, 5) is 8.10. The Bertz CT molecular complexity index is 1210. The SMILES string of the molecule is C[C@@H]1CN([C@@H](c2ccc(Cl)cc2Cl)c2sc3nc(-c4ccco4)nn3c2O)C[C@H](C)O1. The van der Waals surface area contributed by atoms with Crippen molar-refractivity contribution in [2.45, 2.75) is 32.1 Å². The molecule has 1 N–H and O–H groups in total. The molecule has 0 radical (unpaired) electrons. The van der Waals surface area contributed by atoms with Crippen LogP contribution in [0.3, 0.4) is 0 Å². The Kier molecular flexibility index (Phi) is 5.44. The second kappa shape index (κ2) is 8.11. The lowest BCUT2D eigenvalue weighted by atomic mass is 10.0. The Morgan fingerprint density at radius 2 is 1.97 bits per heavy atom. The average Bonchev–Trinajstić information content (AvgIpc) is 3.42. The van der Waals surface area contributed by atoms with E-state index in [0.29, 0.717) is 44.6 Å². The molecule has 7 nitrogen and oxygen atoms in total. The van der Waals surface area contributed by atoms with Crippen molar-refractivity contribution in [3.05, 3.63) is 57.1 Å². The summed E-state index contributed by atoms with van der Waals surface area (Å²) in [5.41, 5.74) is 0.860. The lowest BCUT2D eigenvalue weighted by molar-refractivity contribution is -0.0764. The molecule has 1 aliphatic rings. The van der Waals surface area contributed by atoms with Crippen LogP contribution in [0.15, 0.2) is 41.0 Å². The quantitative estimate of drug-likeness (QED) is 0.430. The lowest BCUT2D eigenvalue weighted by Crippen LogP contribution is -2.47. The first-order chi connectivity index (χ1) is 14.9. The molecule has 31 heavy (non-hydrogen) atoms. The van der Waals surface area contributed by atoms with E-state index in [-0.39, 0.29) is 24.1 Å². The Balaban J connectivity index is 1.63. The van der Waals surface area contributed by atoms with Gasteiger partial charge in [-0.05, 0) is 43.7 Å². The van der Waals surface area contributed by atoms with E-state index in [0.717, 1.165) is 5.56 Å². The van der Waals surface area contributed by atoms with Crippen molar-refractivity contribution < 1.29 is 14.3 Å². The standard InChI is InChI=1S/C21H20Cl2N4O3S/c1-11-9-26(10-12(2)30-11)17(14-6-5-13(22)8-15(14)23)18-20(28)27-21(31-18)24-19(25-27)16-4-3-7-29-16/h3-8,11-12,17,28H,9-10H2,1-2H3/t11-,12+,17-/m0/s1. The summed E-state index contributed by atoms with van der Waals surface area (Å²) in [5, 5.41) is 16.7. The van der Waals surface area contributed by atoms with Crippen LogP contribution in [0, 0.1) is 0 Å². The third-order valence-corrected chi connectivity index (χ3v) is 6.89. The zero-order valence-electron chi connectivity index (χ0n) is 16.8. The molecule has 1 aromatic carbocycles. The van der Waals surface area contributed by atoms with Gasteiger partial charge in [0.05, 0.1) is 29.4 Å². The summed E-state index contributed by atoms with van der Waals surface area (Å²) in [6.07, 6.45) is 1.66. The highest BCUT2D eigenvalue weighted by Gasteiger charge is 2.35. The van der Waals surface area contributed by atoms with Gasteiger partial charge < -0.3 is 14.3 Å². The first kappa shape index (κ1) is 20.8. The highest BCUT2D eigenvalue weighted by molar-refractivity contribution is 7.17. The Morgan fingerprint density at radius 1 is 1.19 bits per heavy atom. The molecule has 5 rings (SSSR count). The van der Waals surface area contributed by atoms with E-state index in [1.165, 1.54) is 15.9 Å². The Hall–Kier alpha value is -2.10. The molecule has 0 saturated carbocycles. The zero-order chi connectivity index (χ0) is 21.7. The van der Waals surface area contributed by atoms with Gasteiger partial charge in [-0.2, -0.15) is 9.50 Å². The van der Waals surface area contributed by atoms with Gasteiger partial charge >= 0.3 is 0 Å². The van der Waals surface area contributed by atoms with Crippen LogP contribution in [0.25, 0.3) is 16.5 Å². The number of benzene rings is 1. The fourth-order valence-corrected chi connectivity index (χ4v) is 5.71. The maximum atomic E-state index is 11.2. The van der Waals surface area contributed by atoms with E-state index in [4.69, 9.17) is 32.4 Å². The number of nitrogens with zero attached hydrogens (tertiary/aromatic N) is 4. The van der Waals surface area contributed by atoms with Gasteiger partial charge in [-0.3, -0.25) is 4.90 Å². The second-order valence-electron chi connectivity index (χ2n) is 7.68. The third kappa shape index (κ3) is 3.83. The van der Waals surface area contributed by atoms with Gasteiger partial charge in [0.1, 0.15) is 0 Å². The summed E-state index contributed by atoms with van der Waals surface area (Å²) in [5.74, 6) is 1.01. The van der Waals surface area contributed by atoms with Crippen LogP contribution >= 0.6 is 34.5 Å². The van der Waals surface area contributed by atoms with Gasteiger partial charge in [-0.1, -0.05) is 40.6 Å². The Labute approximate surface area is 192 Å². The zero-order valence-corrected chi connectivity index (χ0v) is 19.2. The van der Waals surface area contributed by atoms with E-state index < -0.39 is 0 Å². The summed E-state index contributed by atoms with van der Waals surface area (Å²) >= 11 is 14.1. The normalized spacial score (nSPS) is 21.0. The minimum atomic E-state index is -0.292. The molecule has 0 bridgehead atoms. The number of hydrogen-bond acceptors (Lipinski definition) is 7. The van der Waals surface area contributed by atoms with Crippen LogP contribution in [0.2, 0.25) is 10.0 Å². The molecular formula is C21H20Cl2N4O3S. The van der Waals surface area contributed by atoms with Gasteiger partial charge in [0, 0.05) is 23.1 Å². The molecule has 162 valence electrons. The van der Waals surface area contributed by atoms with Gasteiger partial charge in [0.2, 0.25) is 16.7 Å². The van der Waals surface area contributed by atoms with Crippen molar-refractivity contribution >= 4 is 39.5 Å². The maximum absolute atomic E-state index is 11.2. The highest BCUT2D eigenvalue weighted by Crippen LogP contribution is 2.43. The van der Waals surface area contributed by atoms with Crippen LogP contribution in [0.1, 0.15) is 30.3 Å². The summed E-state index contributed by atoms with van der Waals surface area (Å²) in [6.45, 7) is 5.47. The minimum Gasteiger partial charge on any atom is -0.492 e. The molecule has 1 aliphatic heterocycles. The number of rotatable bonds is 4. The number of morpholine rings is 1. The van der Waals surface area contributed by atoms with Crippen molar-refractivity contribution in [2.24, 2.45) is 0 Å². The van der Waals surface area contributed by atoms with E-state index in [1.807, 2.05) is 26.0 Å². The van der Waals surface area contributed by atoms with Crippen molar-refractivity contribution in [3.8, 4) is 17.5 Å². The third-order valence-electron chi connectivity index (χ3n) is 5.26. The van der Waals surface area contributed by atoms with Crippen LogP contribution in [-0.2, 0) is 4.74 Å². The van der Waals surface area contributed by atoms with Crippen molar-refractivity contribution in [2.75, 3.05) is 13.1 Å². The van der Waals surface area contributed by atoms with Gasteiger partial charge in [0.15, 0.2) is 5.76 Å². The molecule has 0 aliphatic carbocycles. The number of hydrogen-bond donors (Lipinski definition) is 1. The van der Waals surface area contributed by atoms with E-state index in [1.54, 1.807) is 24.5 Å². The minimum absolute atomic E-state index is 0.0353. The maximum Gasteiger partial charge on any atom is 0.230 e. The van der Waals surface area contributed by atoms with Gasteiger partial charge in [0.25, 0.3) is 0 Å². The number of halogens is 2. The monoisotopic (exact) mass is 478 g/mol. The molecule has 10 heteroatoms. The average molecular weight is 479 g/mol. The van der Waals surface area contributed by atoms with Crippen molar-refractivity contribution in [1.82, 2.24) is 19.5 Å². The molecule has 0 spiro atoms. The van der Waals surface area contributed by atoms with E-state index >= 15 is 0 Å². The first-order valence-electron chi connectivity index (χ1n) is 9.87. The Morgan fingerprint density at radius 3 is 2.61 bits per heavy atom. The van der Waals surface area contributed by atoms with Crippen molar-refractivity contribution in [1.29, 1.82) is 0 Å². The predicted molar refractivity (Wildman–Crippen MR) is 120 cm³/mol. The second-order valence-corrected chi connectivity index (χ2v) is 9.53. The van der Waals surface area contributed by atoms with Gasteiger partial charge in [-0.15, -0.1) is 5.10 Å². The number of thiazole rings is 1. The summed E-state index contributed by atoms with van der Waals surface area (Å²) < 4.78 is 12.8. The number of aromatic nitrogens is 3. The predicted octanol–water partition coefficient (Wildman–Crippen LogP) is 5.26. The van der Waals surface area contributed by atoms with E-state index in [9.17, 15) is 5.11 Å². The number of fused-ring (bicyclic) bond motifs is 1. The van der Waals surface area contributed by atoms with E-state index in [2.05, 4.69) is 15.0 Å². The molecule has 0 unspecified atom stereocenters. The first-order valence-corrected chi connectivity index (χ1v) is 11.4. The largest absolute Gasteiger partial charge is 0.492 e. The van der Waals surface area contributed by atoms with Crippen molar-refractivity contribution in [3.63, 3.8) is 0 Å². The molecule has 1 fully saturated rings. The molecule has 4 aromatic rings. The number of aromatic hydroxyl groups is 1. The molecule has 3 atom stereocenters. The smallest absolute Gasteiger partial charge is 0.230 e. The lowest BCUT2D eigenvalue weighted by Gasteiger charge is -2.40. The molecule has 1 saturated heterocycles. The summed E-state index contributed by atoms with van der Waals surface area (Å²) in [7, 11) is 0. The number of ether oxygens (including phenoxy) is 1. The van der Waals surface area contributed by atoms with Crippen LogP contribution < -0.4 is 0 Å². The van der Waals surface area contributed by atoms with Crippen LogP contribution in [-0.4, -0.2) is 49.9 Å². The fraction of sp³-hybridized carbons (Fsp3) is 0.333. The highest BCUT2D eigenvalue weighted by atomic mass is 35.5. The van der Waals surface area contributed by atoms with Crippen LogP contribution in [0.4, 0.5) is 0 Å². The van der Waals surface area contributed by atoms with Crippen LogP contribution in [0.5, 0.6) is 5.88 Å². The number of furan rings is 1.